The van der Waals surface area contributed by atoms with Gasteiger partial charge in [-0.25, -0.2) is 4.39 Å². The summed E-state index contributed by atoms with van der Waals surface area (Å²) in [4.78, 5) is 17.7. The molecule has 6 rings (SSSR count). The van der Waals surface area contributed by atoms with Crippen molar-refractivity contribution in [2.24, 2.45) is 0 Å². The Morgan fingerprint density at radius 2 is 1.90 bits per heavy atom. The second-order valence-corrected chi connectivity index (χ2v) is 8.03. The first kappa shape index (κ1) is 18.0. The molecular formula is C25H19FN4O. The zero-order valence-electron chi connectivity index (χ0n) is 16.7. The molecule has 4 aromatic rings. The van der Waals surface area contributed by atoms with Crippen LogP contribution in [-0.2, 0) is 4.79 Å². The highest BCUT2D eigenvalue weighted by molar-refractivity contribution is 6.04. The summed E-state index contributed by atoms with van der Waals surface area (Å²) in [6.07, 6.45) is 5.79. The van der Waals surface area contributed by atoms with Gasteiger partial charge in [-0.15, -0.1) is 0 Å². The number of halogens is 1. The number of carbonyl (C=O) groups excluding carboxylic acids is 1. The quantitative estimate of drug-likeness (QED) is 0.469. The van der Waals surface area contributed by atoms with Gasteiger partial charge in [0.15, 0.2) is 5.78 Å². The maximum absolute atomic E-state index is 13.5. The summed E-state index contributed by atoms with van der Waals surface area (Å²) in [5.41, 5.74) is 7.24. The van der Waals surface area contributed by atoms with Crippen LogP contribution in [0.3, 0.4) is 0 Å². The van der Waals surface area contributed by atoms with Gasteiger partial charge in [-0.2, -0.15) is 5.10 Å². The number of nitrogens with zero attached hydrogens (tertiary/aromatic N) is 2. The van der Waals surface area contributed by atoms with E-state index in [1.807, 2.05) is 24.3 Å². The van der Waals surface area contributed by atoms with Crippen molar-refractivity contribution in [3.63, 3.8) is 0 Å². The van der Waals surface area contributed by atoms with Crippen LogP contribution in [0.2, 0.25) is 0 Å². The van der Waals surface area contributed by atoms with Crippen LogP contribution in [0.4, 0.5) is 10.1 Å². The van der Waals surface area contributed by atoms with E-state index in [9.17, 15) is 9.18 Å². The van der Waals surface area contributed by atoms with E-state index in [0.29, 0.717) is 6.42 Å². The number of hydrogen-bond acceptors (Lipinski definition) is 4. The van der Waals surface area contributed by atoms with Crippen molar-refractivity contribution < 1.29 is 9.18 Å². The van der Waals surface area contributed by atoms with E-state index in [1.54, 1.807) is 24.5 Å². The number of nitrogens with one attached hydrogen (secondary N) is 2. The van der Waals surface area contributed by atoms with Crippen molar-refractivity contribution in [3.8, 4) is 11.3 Å². The lowest BCUT2D eigenvalue weighted by molar-refractivity contribution is -0.116. The van der Waals surface area contributed by atoms with Crippen LogP contribution in [0.25, 0.3) is 22.2 Å². The molecule has 2 aromatic carbocycles. The molecule has 0 saturated carbocycles. The topological polar surface area (TPSA) is 70.7 Å². The van der Waals surface area contributed by atoms with Crippen molar-refractivity contribution >= 4 is 22.4 Å². The SMILES string of the molecule is O=C1CCCC2=C1[C@H](c1cn[nH]c1-c1ccc(F)cc1)c1c(ccc3ncccc13)N2. The molecule has 3 heterocycles. The van der Waals surface area contributed by atoms with Gasteiger partial charge in [-0.05, 0) is 60.9 Å². The van der Waals surface area contributed by atoms with Crippen LogP contribution in [0, 0.1) is 5.82 Å². The van der Waals surface area contributed by atoms with E-state index in [-0.39, 0.29) is 17.5 Å². The Bertz CT molecular complexity index is 1370. The molecule has 2 N–H and O–H groups in total. The standard InChI is InChI=1S/C25H19FN4O/c26-15-8-6-14(7-9-15)25-17(13-28-30-25)23-22-16-3-2-12-27-18(16)10-11-20(22)29-19-4-1-5-21(31)24(19)23/h2-3,6-13,23,29H,1,4-5H2,(H,28,30)/t23-/m1/s1. The Kier molecular flexibility index (Phi) is 3.99. The number of anilines is 1. The van der Waals surface area contributed by atoms with Gasteiger partial charge in [0.2, 0.25) is 0 Å². The van der Waals surface area contributed by atoms with Gasteiger partial charge >= 0.3 is 0 Å². The third-order valence-electron chi connectivity index (χ3n) is 6.26. The van der Waals surface area contributed by atoms with Gasteiger partial charge in [0.05, 0.1) is 17.4 Å². The summed E-state index contributed by atoms with van der Waals surface area (Å²) in [6, 6.07) is 14.4. The molecule has 152 valence electrons. The highest BCUT2D eigenvalue weighted by Gasteiger charge is 2.38. The number of hydrogen-bond donors (Lipinski definition) is 2. The van der Waals surface area contributed by atoms with Gasteiger partial charge in [0.25, 0.3) is 0 Å². The number of aromatic amines is 1. The van der Waals surface area contributed by atoms with Crippen molar-refractivity contribution in [1.82, 2.24) is 15.2 Å². The lowest BCUT2D eigenvalue weighted by atomic mass is 9.74. The van der Waals surface area contributed by atoms with E-state index < -0.39 is 0 Å². The Morgan fingerprint density at radius 1 is 1.03 bits per heavy atom. The Hall–Kier alpha value is -3.80. The van der Waals surface area contributed by atoms with E-state index in [1.165, 1.54) is 12.1 Å². The minimum absolute atomic E-state index is 0.163. The number of fused-ring (bicyclic) bond motifs is 3. The van der Waals surface area contributed by atoms with Crippen LogP contribution < -0.4 is 5.32 Å². The van der Waals surface area contributed by atoms with Crippen LogP contribution in [0.5, 0.6) is 0 Å². The third kappa shape index (κ3) is 2.79. The van der Waals surface area contributed by atoms with Crippen LogP contribution in [-0.4, -0.2) is 21.0 Å². The first-order chi connectivity index (χ1) is 15.2. The lowest BCUT2D eigenvalue weighted by Gasteiger charge is -2.34. The largest absolute Gasteiger partial charge is 0.358 e. The van der Waals surface area contributed by atoms with E-state index >= 15 is 0 Å². The first-order valence-corrected chi connectivity index (χ1v) is 10.4. The fourth-order valence-electron chi connectivity index (χ4n) is 4.90. The monoisotopic (exact) mass is 410 g/mol. The van der Waals surface area contributed by atoms with Crippen LogP contribution in [0.15, 0.2) is 72.2 Å². The maximum atomic E-state index is 13.5. The summed E-state index contributed by atoms with van der Waals surface area (Å²) >= 11 is 0. The summed E-state index contributed by atoms with van der Waals surface area (Å²) in [7, 11) is 0. The molecule has 1 atom stereocenters. The first-order valence-electron chi connectivity index (χ1n) is 10.4. The Balaban J connectivity index is 1.64. The van der Waals surface area contributed by atoms with Crippen LogP contribution in [0.1, 0.15) is 36.3 Å². The molecule has 2 aromatic heterocycles. The minimum Gasteiger partial charge on any atom is -0.358 e. The van der Waals surface area contributed by atoms with Crippen molar-refractivity contribution in [1.29, 1.82) is 0 Å². The van der Waals surface area contributed by atoms with Crippen molar-refractivity contribution in [3.05, 3.63) is 89.1 Å². The molecule has 0 saturated heterocycles. The second kappa shape index (κ2) is 6.87. The van der Waals surface area contributed by atoms with E-state index in [4.69, 9.17) is 0 Å². The fourth-order valence-corrected chi connectivity index (χ4v) is 4.90. The molecular weight excluding hydrogens is 391 g/mol. The fraction of sp³-hybridized carbons (Fsp3) is 0.160. The lowest BCUT2D eigenvalue weighted by Crippen LogP contribution is -2.27. The highest BCUT2D eigenvalue weighted by Crippen LogP contribution is 2.49. The average Bonchev–Trinajstić information content (AvgIpc) is 3.28. The van der Waals surface area contributed by atoms with Gasteiger partial charge in [0.1, 0.15) is 5.82 Å². The van der Waals surface area contributed by atoms with Gasteiger partial charge in [-0.1, -0.05) is 6.07 Å². The van der Waals surface area contributed by atoms with Gasteiger partial charge < -0.3 is 5.32 Å². The number of ketones is 1. The normalized spacial score (nSPS) is 18.0. The molecule has 0 amide bonds. The number of carbonyl (C=O) groups is 1. The maximum Gasteiger partial charge on any atom is 0.161 e. The van der Waals surface area contributed by atoms with Gasteiger partial charge in [0, 0.05) is 52.0 Å². The predicted molar refractivity (Wildman–Crippen MR) is 117 cm³/mol. The second-order valence-electron chi connectivity index (χ2n) is 8.03. The number of rotatable bonds is 2. The van der Waals surface area contributed by atoms with E-state index in [2.05, 4.69) is 20.5 Å². The molecule has 6 heteroatoms. The minimum atomic E-state index is -0.290. The average molecular weight is 410 g/mol. The summed E-state index contributed by atoms with van der Waals surface area (Å²) < 4.78 is 13.5. The molecule has 1 aliphatic carbocycles. The molecule has 2 aliphatic rings. The predicted octanol–water partition coefficient (Wildman–Crippen LogP) is 5.33. The molecule has 0 unspecified atom stereocenters. The number of benzene rings is 2. The summed E-state index contributed by atoms with van der Waals surface area (Å²) in [5.74, 6) is -0.399. The molecule has 0 spiro atoms. The molecule has 0 fully saturated rings. The van der Waals surface area contributed by atoms with Crippen molar-refractivity contribution in [2.75, 3.05) is 5.32 Å². The highest BCUT2D eigenvalue weighted by atomic mass is 19.1. The number of aromatic nitrogens is 3. The summed E-state index contributed by atoms with van der Waals surface area (Å²) in [5, 5.41) is 11.9. The molecule has 1 aliphatic heterocycles. The zero-order chi connectivity index (χ0) is 20.9. The molecule has 0 radical (unpaired) electrons. The summed E-state index contributed by atoms with van der Waals surface area (Å²) in [6.45, 7) is 0. The Labute approximate surface area is 178 Å². The van der Waals surface area contributed by atoms with E-state index in [0.717, 1.165) is 63.1 Å². The zero-order valence-corrected chi connectivity index (χ0v) is 16.7. The van der Waals surface area contributed by atoms with Gasteiger partial charge in [-0.3, -0.25) is 14.9 Å². The number of H-pyrrole nitrogens is 1. The molecule has 31 heavy (non-hydrogen) atoms. The Morgan fingerprint density at radius 3 is 2.77 bits per heavy atom. The smallest absolute Gasteiger partial charge is 0.161 e. The molecule has 5 nitrogen and oxygen atoms in total. The molecule has 0 bridgehead atoms. The van der Waals surface area contributed by atoms with Crippen LogP contribution >= 0.6 is 0 Å². The number of pyridine rings is 1. The van der Waals surface area contributed by atoms with Crippen molar-refractivity contribution in [2.45, 2.75) is 25.2 Å². The number of allylic oxidation sites excluding steroid dienone is 2. The third-order valence-corrected chi connectivity index (χ3v) is 6.26. The number of Topliss-reactive ketones (excluding diaryl/α,β-unsaturated/α-hetero) is 1.